The van der Waals surface area contributed by atoms with Gasteiger partial charge in [-0.1, -0.05) is 6.92 Å². The Labute approximate surface area is 133 Å². The van der Waals surface area contributed by atoms with Gasteiger partial charge in [-0.3, -0.25) is 4.79 Å². The molecule has 0 bridgehead atoms. The van der Waals surface area contributed by atoms with Gasteiger partial charge in [0.1, 0.15) is 6.10 Å². The molecule has 0 aromatic carbocycles. The summed E-state index contributed by atoms with van der Waals surface area (Å²) in [6.45, 7) is 3.17. The molecule has 4 rings (SSSR count). The molecule has 0 amide bonds. The maximum absolute atomic E-state index is 12.3. The van der Waals surface area contributed by atoms with Crippen LogP contribution in [0.2, 0.25) is 0 Å². The number of fused-ring (bicyclic) bond motifs is 3. The van der Waals surface area contributed by atoms with Crippen molar-refractivity contribution in [1.29, 1.82) is 0 Å². The van der Waals surface area contributed by atoms with E-state index in [1.54, 1.807) is 0 Å². The molecule has 1 saturated heterocycles. The highest BCUT2D eigenvalue weighted by Gasteiger charge is 2.66. The van der Waals surface area contributed by atoms with Gasteiger partial charge in [0.2, 0.25) is 0 Å². The van der Waals surface area contributed by atoms with Crippen LogP contribution in [0.25, 0.3) is 0 Å². The van der Waals surface area contributed by atoms with E-state index >= 15 is 0 Å². The first-order valence-corrected chi connectivity index (χ1v) is 8.89. The van der Waals surface area contributed by atoms with Gasteiger partial charge < -0.3 is 14.7 Å². The highest BCUT2D eigenvalue weighted by molar-refractivity contribution is 5.75. The predicted molar refractivity (Wildman–Crippen MR) is 83.2 cm³/mol. The van der Waals surface area contributed by atoms with Crippen molar-refractivity contribution >= 4 is 5.97 Å². The van der Waals surface area contributed by atoms with Gasteiger partial charge in [0, 0.05) is 12.5 Å². The molecule has 1 heterocycles. The molecule has 4 nitrogen and oxygen atoms in total. The summed E-state index contributed by atoms with van der Waals surface area (Å²) in [6.07, 6.45) is 6.45. The van der Waals surface area contributed by atoms with Crippen LogP contribution in [0.4, 0.5) is 0 Å². The van der Waals surface area contributed by atoms with E-state index in [2.05, 4.69) is 11.8 Å². The van der Waals surface area contributed by atoms with Crippen LogP contribution in [0, 0.1) is 28.6 Å². The van der Waals surface area contributed by atoms with E-state index in [0.29, 0.717) is 11.8 Å². The Balaban J connectivity index is 1.61. The summed E-state index contributed by atoms with van der Waals surface area (Å²) in [5, 5.41) is 10.6. The van der Waals surface area contributed by atoms with E-state index < -0.39 is 0 Å². The third kappa shape index (κ3) is 1.99. The Bertz CT molecular complexity index is 487. The molecule has 4 aliphatic rings. The molecule has 0 aromatic heterocycles. The topological polar surface area (TPSA) is 49.8 Å². The van der Waals surface area contributed by atoms with Crippen molar-refractivity contribution in [3.63, 3.8) is 0 Å². The molecule has 0 unspecified atom stereocenters. The van der Waals surface area contributed by atoms with Gasteiger partial charge in [-0.15, -0.1) is 0 Å². The highest BCUT2D eigenvalue weighted by atomic mass is 16.6. The van der Waals surface area contributed by atoms with E-state index in [9.17, 15) is 9.90 Å². The second-order valence-electron chi connectivity index (χ2n) is 8.94. The van der Waals surface area contributed by atoms with Crippen molar-refractivity contribution in [2.75, 3.05) is 20.6 Å². The SMILES string of the molecule is CN(C)C[C@@H]1C(=O)O[C@@H]2C[C@@]3(C)CC[C@@H](O)C4(CC4)[C@@H]3C[C@H]12. The molecule has 3 aliphatic carbocycles. The van der Waals surface area contributed by atoms with Gasteiger partial charge in [0.25, 0.3) is 0 Å². The van der Waals surface area contributed by atoms with E-state index in [0.717, 1.165) is 32.2 Å². The molecule has 4 heteroatoms. The minimum absolute atomic E-state index is 0.0105. The van der Waals surface area contributed by atoms with Crippen LogP contribution in [0.1, 0.15) is 45.4 Å². The summed E-state index contributed by atoms with van der Waals surface area (Å²) < 4.78 is 5.78. The molecular weight excluding hydrogens is 278 g/mol. The molecule has 124 valence electrons. The third-order valence-electron chi connectivity index (χ3n) is 7.32. The van der Waals surface area contributed by atoms with Crippen LogP contribution in [-0.4, -0.2) is 48.8 Å². The van der Waals surface area contributed by atoms with Crippen LogP contribution in [0.5, 0.6) is 0 Å². The Morgan fingerprint density at radius 3 is 2.68 bits per heavy atom. The number of aliphatic hydroxyl groups excluding tert-OH is 1. The number of carbonyl (C=O) groups excluding carboxylic acids is 1. The van der Waals surface area contributed by atoms with Crippen LogP contribution >= 0.6 is 0 Å². The Morgan fingerprint density at radius 2 is 2.05 bits per heavy atom. The lowest BCUT2D eigenvalue weighted by molar-refractivity contribution is -0.149. The molecule has 22 heavy (non-hydrogen) atoms. The number of carbonyl (C=O) groups is 1. The largest absolute Gasteiger partial charge is 0.462 e. The standard InChI is InChI=1S/C18H29NO3/c1-17-5-4-15(20)18(6-7-18)14(17)8-11-12(10-19(2)3)16(21)22-13(11)9-17/h11-15,20H,4-10H2,1-3H3/t11-,12+,13-,14-,15-,17-/m1/s1. The number of hydrogen-bond acceptors (Lipinski definition) is 4. The summed E-state index contributed by atoms with van der Waals surface area (Å²) in [5.74, 6) is 0.968. The van der Waals surface area contributed by atoms with Crippen LogP contribution in [0.15, 0.2) is 0 Å². The summed E-state index contributed by atoms with van der Waals surface area (Å²) in [6, 6.07) is 0. The fourth-order valence-corrected chi connectivity index (χ4v) is 6.05. The van der Waals surface area contributed by atoms with E-state index in [1.807, 2.05) is 14.1 Å². The zero-order valence-corrected chi connectivity index (χ0v) is 14.0. The number of rotatable bonds is 2. The number of aliphatic hydroxyl groups is 1. The monoisotopic (exact) mass is 307 g/mol. The van der Waals surface area contributed by atoms with Gasteiger partial charge in [0.15, 0.2) is 0 Å². The molecule has 1 spiro atoms. The molecule has 0 aromatic rings. The third-order valence-corrected chi connectivity index (χ3v) is 7.32. The van der Waals surface area contributed by atoms with Crippen molar-refractivity contribution in [2.24, 2.45) is 28.6 Å². The highest BCUT2D eigenvalue weighted by Crippen LogP contribution is 2.69. The van der Waals surface area contributed by atoms with Gasteiger partial charge in [-0.25, -0.2) is 0 Å². The summed E-state index contributed by atoms with van der Waals surface area (Å²) in [4.78, 5) is 14.4. The van der Waals surface area contributed by atoms with Crippen molar-refractivity contribution < 1.29 is 14.6 Å². The van der Waals surface area contributed by atoms with Crippen molar-refractivity contribution in [2.45, 2.75) is 57.7 Å². The maximum atomic E-state index is 12.3. The average Bonchev–Trinajstić information content (AvgIpc) is 3.17. The number of ether oxygens (including phenoxy) is 1. The lowest BCUT2D eigenvalue weighted by Gasteiger charge is -2.54. The van der Waals surface area contributed by atoms with Crippen LogP contribution in [0.3, 0.4) is 0 Å². The van der Waals surface area contributed by atoms with E-state index in [1.165, 1.54) is 12.8 Å². The lowest BCUT2D eigenvalue weighted by atomic mass is 9.51. The van der Waals surface area contributed by atoms with Crippen LogP contribution in [-0.2, 0) is 9.53 Å². The second kappa shape index (κ2) is 4.70. The van der Waals surface area contributed by atoms with Crippen molar-refractivity contribution in [3.8, 4) is 0 Å². The summed E-state index contributed by atoms with van der Waals surface area (Å²) in [7, 11) is 4.06. The zero-order chi connectivity index (χ0) is 15.7. The van der Waals surface area contributed by atoms with E-state index in [4.69, 9.17) is 4.74 Å². The minimum Gasteiger partial charge on any atom is -0.462 e. The summed E-state index contributed by atoms with van der Waals surface area (Å²) >= 11 is 0. The molecular formula is C18H29NO3. The average molecular weight is 307 g/mol. The number of esters is 1. The van der Waals surface area contributed by atoms with Crippen molar-refractivity contribution in [3.05, 3.63) is 0 Å². The predicted octanol–water partition coefficient (Wildman–Crippen LogP) is 2.06. The second-order valence-corrected chi connectivity index (χ2v) is 8.94. The minimum atomic E-state index is -0.118. The van der Waals surface area contributed by atoms with Gasteiger partial charge >= 0.3 is 5.97 Å². The lowest BCUT2D eigenvalue weighted by Crippen LogP contribution is -2.52. The number of nitrogens with zero attached hydrogens (tertiary/aromatic N) is 1. The smallest absolute Gasteiger partial charge is 0.310 e. The fourth-order valence-electron chi connectivity index (χ4n) is 6.05. The normalized spacial score (nSPS) is 49.0. The zero-order valence-electron chi connectivity index (χ0n) is 14.0. The summed E-state index contributed by atoms with van der Waals surface area (Å²) in [5.41, 5.74) is 0.427. The molecule has 6 atom stereocenters. The van der Waals surface area contributed by atoms with E-state index in [-0.39, 0.29) is 34.9 Å². The molecule has 1 N–H and O–H groups in total. The number of hydrogen-bond donors (Lipinski definition) is 1. The fraction of sp³-hybridized carbons (Fsp3) is 0.944. The molecule has 0 radical (unpaired) electrons. The molecule has 3 saturated carbocycles. The molecule has 4 fully saturated rings. The van der Waals surface area contributed by atoms with Gasteiger partial charge in [-0.05, 0) is 69.4 Å². The Morgan fingerprint density at radius 1 is 1.32 bits per heavy atom. The van der Waals surface area contributed by atoms with Gasteiger partial charge in [0.05, 0.1) is 12.0 Å². The van der Waals surface area contributed by atoms with Crippen molar-refractivity contribution in [1.82, 2.24) is 4.90 Å². The first-order chi connectivity index (χ1) is 10.4. The Hall–Kier alpha value is -0.610. The van der Waals surface area contributed by atoms with Crippen LogP contribution < -0.4 is 0 Å². The quantitative estimate of drug-likeness (QED) is 0.793. The maximum Gasteiger partial charge on any atom is 0.310 e. The Kier molecular flexibility index (Phi) is 3.19. The first kappa shape index (κ1) is 14.9. The molecule has 1 aliphatic heterocycles. The first-order valence-electron chi connectivity index (χ1n) is 8.89. The van der Waals surface area contributed by atoms with Gasteiger partial charge in [-0.2, -0.15) is 0 Å².